The summed E-state index contributed by atoms with van der Waals surface area (Å²) in [5, 5.41) is 19.8. The van der Waals surface area contributed by atoms with Crippen LogP contribution < -0.4 is 0 Å². The average molecular weight is 212 g/mol. The first-order valence-electron chi connectivity index (χ1n) is 6.13. The maximum absolute atomic E-state index is 9.99. The third-order valence-electron chi connectivity index (χ3n) is 3.66. The topological polar surface area (TPSA) is 40.5 Å². The van der Waals surface area contributed by atoms with Crippen molar-refractivity contribution >= 4 is 0 Å². The van der Waals surface area contributed by atoms with Crippen LogP contribution in [0.5, 0.6) is 0 Å². The van der Waals surface area contributed by atoms with E-state index in [-0.39, 0.29) is 12.0 Å². The lowest BCUT2D eigenvalue weighted by atomic mass is 9.82. The van der Waals surface area contributed by atoms with Gasteiger partial charge in [-0.15, -0.1) is 6.58 Å². The molecule has 0 saturated heterocycles. The van der Waals surface area contributed by atoms with E-state index in [9.17, 15) is 10.2 Å². The molecule has 2 heteroatoms. The Hall–Kier alpha value is -0.340. The molecule has 0 aromatic rings. The number of aliphatic hydroxyl groups excluding tert-OH is 2. The van der Waals surface area contributed by atoms with Crippen molar-refractivity contribution in [3.05, 3.63) is 12.7 Å². The quantitative estimate of drug-likeness (QED) is 0.687. The molecule has 0 bridgehead atoms. The molecule has 0 radical (unpaired) electrons. The molecule has 1 rings (SSSR count). The fourth-order valence-corrected chi connectivity index (χ4v) is 2.33. The van der Waals surface area contributed by atoms with Crippen LogP contribution in [0, 0.1) is 11.8 Å². The molecule has 0 aromatic heterocycles. The molecule has 2 N–H and O–H groups in total. The Morgan fingerprint density at radius 3 is 2.40 bits per heavy atom. The summed E-state index contributed by atoms with van der Waals surface area (Å²) in [6.07, 6.45) is 7.48. The molecule has 1 saturated carbocycles. The summed E-state index contributed by atoms with van der Waals surface area (Å²) < 4.78 is 0. The molecule has 0 heterocycles. The lowest BCUT2D eigenvalue weighted by molar-refractivity contribution is 0.0192. The first-order chi connectivity index (χ1) is 7.15. The van der Waals surface area contributed by atoms with Crippen molar-refractivity contribution in [1.82, 2.24) is 0 Å². The molecule has 3 atom stereocenters. The first-order valence-corrected chi connectivity index (χ1v) is 6.13. The minimum atomic E-state index is -0.445. The molecule has 1 aliphatic rings. The van der Waals surface area contributed by atoms with Gasteiger partial charge in [-0.05, 0) is 24.7 Å². The summed E-state index contributed by atoms with van der Waals surface area (Å²) in [6.45, 7) is 5.60. The maximum atomic E-state index is 9.99. The van der Waals surface area contributed by atoms with Crippen LogP contribution in [0.1, 0.15) is 45.4 Å². The summed E-state index contributed by atoms with van der Waals surface area (Å²) in [5.41, 5.74) is 0. The highest BCUT2D eigenvalue weighted by Crippen LogP contribution is 2.29. The third-order valence-corrected chi connectivity index (χ3v) is 3.66. The highest BCUT2D eigenvalue weighted by Gasteiger charge is 2.25. The highest BCUT2D eigenvalue weighted by molar-refractivity contribution is 4.84. The SMILES string of the molecule is C=C[C@H](C)[C@H](O)C[C@H](O)C1CCCCC1. The van der Waals surface area contributed by atoms with E-state index in [1.54, 1.807) is 6.08 Å². The minimum Gasteiger partial charge on any atom is -0.393 e. The Labute approximate surface area is 93.0 Å². The molecule has 0 aromatic carbocycles. The van der Waals surface area contributed by atoms with E-state index < -0.39 is 6.10 Å². The van der Waals surface area contributed by atoms with Crippen LogP contribution in [0.3, 0.4) is 0 Å². The molecular formula is C13H24O2. The number of hydrogen-bond donors (Lipinski definition) is 2. The van der Waals surface area contributed by atoms with Crippen LogP contribution in [0.2, 0.25) is 0 Å². The number of rotatable bonds is 5. The minimum absolute atomic E-state index is 0.0724. The summed E-state index contributed by atoms with van der Waals surface area (Å²) in [4.78, 5) is 0. The molecular weight excluding hydrogens is 188 g/mol. The van der Waals surface area contributed by atoms with Crippen LogP contribution in [0.25, 0.3) is 0 Å². The van der Waals surface area contributed by atoms with E-state index in [0.717, 1.165) is 12.8 Å². The van der Waals surface area contributed by atoms with Crippen LogP contribution in [0.4, 0.5) is 0 Å². The number of aliphatic hydroxyl groups is 2. The molecule has 1 fully saturated rings. The Morgan fingerprint density at radius 2 is 1.87 bits per heavy atom. The lowest BCUT2D eigenvalue weighted by Gasteiger charge is -2.28. The van der Waals surface area contributed by atoms with E-state index >= 15 is 0 Å². The van der Waals surface area contributed by atoms with Crippen molar-refractivity contribution in [2.75, 3.05) is 0 Å². The van der Waals surface area contributed by atoms with Crippen molar-refractivity contribution < 1.29 is 10.2 Å². The summed E-state index contributed by atoms with van der Waals surface area (Å²) >= 11 is 0. The third kappa shape index (κ3) is 3.96. The fourth-order valence-electron chi connectivity index (χ4n) is 2.33. The standard InChI is InChI=1S/C13H24O2/c1-3-10(2)12(14)9-13(15)11-7-5-4-6-8-11/h3,10-15H,1,4-9H2,2H3/t10-,12+,13-/m0/s1. The summed E-state index contributed by atoms with van der Waals surface area (Å²) in [5.74, 6) is 0.480. The van der Waals surface area contributed by atoms with Crippen LogP contribution >= 0.6 is 0 Å². The number of hydrogen-bond acceptors (Lipinski definition) is 2. The van der Waals surface area contributed by atoms with Gasteiger partial charge >= 0.3 is 0 Å². The smallest absolute Gasteiger partial charge is 0.0624 e. The maximum Gasteiger partial charge on any atom is 0.0624 e. The first kappa shape index (κ1) is 12.7. The van der Waals surface area contributed by atoms with Gasteiger partial charge in [0.15, 0.2) is 0 Å². The molecule has 0 spiro atoms. The Balaban J connectivity index is 2.32. The van der Waals surface area contributed by atoms with E-state index in [2.05, 4.69) is 6.58 Å². The molecule has 88 valence electrons. The van der Waals surface area contributed by atoms with Gasteiger partial charge in [-0.25, -0.2) is 0 Å². The Kier molecular flexibility index (Phi) is 5.34. The predicted octanol–water partition coefficient (Wildman–Crippen LogP) is 2.50. The fraction of sp³-hybridized carbons (Fsp3) is 0.846. The van der Waals surface area contributed by atoms with Gasteiger partial charge < -0.3 is 10.2 Å². The van der Waals surface area contributed by atoms with Crippen LogP contribution in [-0.2, 0) is 0 Å². The Morgan fingerprint density at radius 1 is 1.27 bits per heavy atom. The second kappa shape index (κ2) is 6.29. The second-order valence-electron chi connectivity index (χ2n) is 4.86. The van der Waals surface area contributed by atoms with E-state index in [1.807, 2.05) is 6.92 Å². The molecule has 0 aliphatic heterocycles. The molecule has 0 amide bonds. The second-order valence-corrected chi connectivity index (χ2v) is 4.86. The van der Waals surface area contributed by atoms with Gasteiger partial charge in [0, 0.05) is 6.42 Å². The van der Waals surface area contributed by atoms with Crippen molar-refractivity contribution in [2.45, 2.75) is 57.7 Å². The monoisotopic (exact) mass is 212 g/mol. The highest BCUT2D eigenvalue weighted by atomic mass is 16.3. The largest absolute Gasteiger partial charge is 0.393 e. The molecule has 0 unspecified atom stereocenters. The zero-order chi connectivity index (χ0) is 11.3. The molecule has 15 heavy (non-hydrogen) atoms. The van der Waals surface area contributed by atoms with Crippen molar-refractivity contribution in [2.24, 2.45) is 11.8 Å². The zero-order valence-electron chi connectivity index (χ0n) is 9.73. The van der Waals surface area contributed by atoms with Gasteiger partial charge in [0.25, 0.3) is 0 Å². The van der Waals surface area contributed by atoms with Gasteiger partial charge in [-0.2, -0.15) is 0 Å². The van der Waals surface area contributed by atoms with Gasteiger partial charge in [-0.1, -0.05) is 32.3 Å². The Bertz CT molecular complexity index is 185. The van der Waals surface area contributed by atoms with Gasteiger partial charge in [0.2, 0.25) is 0 Å². The van der Waals surface area contributed by atoms with Crippen LogP contribution in [-0.4, -0.2) is 22.4 Å². The van der Waals surface area contributed by atoms with Gasteiger partial charge in [0.05, 0.1) is 12.2 Å². The van der Waals surface area contributed by atoms with Crippen LogP contribution in [0.15, 0.2) is 12.7 Å². The van der Waals surface area contributed by atoms with Crippen molar-refractivity contribution in [1.29, 1.82) is 0 Å². The van der Waals surface area contributed by atoms with E-state index in [1.165, 1.54) is 19.3 Å². The molecule has 1 aliphatic carbocycles. The average Bonchev–Trinajstić information content (AvgIpc) is 2.29. The summed E-state index contributed by atoms with van der Waals surface area (Å²) in [6, 6.07) is 0. The summed E-state index contributed by atoms with van der Waals surface area (Å²) in [7, 11) is 0. The zero-order valence-corrected chi connectivity index (χ0v) is 9.73. The normalized spacial score (nSPS) is 24.5. The van der Waals surface area contributed by atoms with Crippen molar-refractivity contribution in [3.63, 3.8) is 0 Å². The molecule has 2 nitrogen and oxygen atoms in total. The van der Waals surface area contributed by atoms with Gasteiger partial charge in [-0.3, -0.25) is 0 Å². The lowest BCUT2D eigenvalue weighted by Crippen LogP contribution is -2.29. The van der Waals surface area contributed by atoms with E-state index in [0.29, 0.717) is 12.3 Å². The van der Waals surface area contributed by atoms with E-state index in [4.69, 9.17) is 0 Å². The predicted molar refractivity (Wildman–Crippen MR) is 62.6 cm³/mol. The van der Waals surface area contributed by atoms with Crippen molar-refractivity contribution in [3.8, 4) is 0 Å². The van der Waals surface area contributed by atoms with Gasteiger partial charge in [0.1, 0.15) is 0 Å².